The monoisotopic (exact) mass is 333 g/mol. The highest BCUT2D eigenvalue weighted by Gasteiger charge is 2.25. The Morgan fingerprint density at radius 3 is 2.75 bits per heavy atom. The standard InChI is InChI=1S/C16H15NO7/c18-12-3-1-2-4-13(12)24-16(19)6-5-10-7-14-15(23-9-22-14)8-11(10)17(20)21/h5-8,13H,1-4,9H2/b6-5+/t13-/m0/s1. The average molecular weight is 333 g/mol. The number of nitro benzene ring substituents is 1. The summed E-state index contributed by atoms with van der Waals surface area (Å²) >= 11 is 0. The van der Waals surface area contributed by atoms with E-state index in [0.717, 1.165) is 18.9 Å². The molecular formula is C16H15NO7. The van der Waals surface area contributed by atoms with Crippen molar-refractivity contribution in [1.82, 2.24) is 0 Å². The lowest BCUT2D eigenvalue weighted by molar-refractivity contribution is -0.385. The minimum Gasteiger partial charge on any atom is -0.454 e. The first-order valence-electron chi connectivity index (χ1n) is 7.54. The van der Waals surface area contributed by atoms with Gasteiger partial charge >= 0.3 is 5.97 Å². The number of Topliss-reactive ketones (excluding diaryl/α,β-unsaturated/α-hetero) is 1. The minimum absolute atomic E-state index is 0.00844. The molecule has 0 N–H and O–H groups in total. The lowest BCUT2D eigenvalue weighted by Gasteiger charge is -2.19. The lowest BCUT2D eigenvalue weighted by atomic mass is 9.96. The Labute approximate surface area is 137 Å². The molecule has 126 valence electrons. The number of esters is 1. The van der Waals surface area contributed by atoms with Gasteiger partial charge in [0.25, 0.3) is 5.69 Å². The Kier molecular flexibility index (Phi) is 4.45. The first-order valence-corrected chi connectivity index (χ1v) is 7.54. The summed E-state index contributed by atoms with van der Waals surface area (Å²) in [5.74, 6) is -0.135. The van der Waals surface area contributed by atoms with E-state index in [1.807, 2.05) is 0 Å². The fourth-order valence-corrected chi connectivity index (χ4v) is 2.65. The van der Waals surface area contributed by atoms with Crippen molar-refractivity contribution in [2.24, 2.45) is 0 Å². The number of nitro groups is 1. The number of benzene rings is 1. The molecular weight excluding hydrogens is 318 g/mol. The molecule has 0 aromatic heterocycles. The van der Waals surface area contributed by atoms with Crippen molar-refractivity contribution >= 4 is 23.5 Å². The molecule has 0 spiro atoms. The molecule has 1 aromatic carbocycles. The van der Waals surface area contributed by atoms with Crippen LogP contribution in [0.15, 0.2) is 18.2 Å². The van der Waals surface area contributed by atoms with Crippen molar-refractivity contribution in [1.29, 1.82) is 0 Å². The van der Waals surface area contributed by atoms with Gasteiger partial charge < -0.3 is 14.2 Å². The number of carbonyl (C=O) groups is 2. The molecule has 1 fully saturated rings. The number of carbonyl (C=O) groups excluding carboxylic acids is 2. The van der Waals surface area contributed by atoms with Gasteiger partial charge in [-0.05, 0) is 31.4 Å². The highest BCUT2D eigenvalue weighted by molar-refractivity contribution is 5.92. The summed E-state index contributed by atoms with van der Waals surface area (Å²) in [6.07, 6.45) is 4.20. The normalized spacial score (nSPS) is 19.5. The van der Waals surface area contributed by atoms with Gasteiger partial charge in [-0.3, -0.25) is 14.9 Å². The van der Waals surface area contributed by atoms with Gasteiger partial charge in [0, 0.05) is 12.5 Å². The van der Waals surface area contributed by atoms with Gasteiger partial charge in [0.15, 0.2) is 23.4 Å². The number of rotatable bonds is 4. The Morgan fingerprint density at radius 2 is 2.04 bits per heavy atom. The molecule has 1 saturated carbocycles. The van der Waals surface area contributed by atoms with Gasteiger partial charge in [-0.15, -0.1) is 0 Å². The smallest absolute Gasteiger partial charge is 0.331 e. The Hall–Kier alpha value is -2.90. The van der Waals surface area contributed by atoms with Crippen LogP contribution in [-0.4, -0.2) is 29.6 Å². The maximum Gasteiger partial charge on any atom is 0.331 e. The molecule has 1 aliphatic carbocycles. The molecule has 0 bridgehead atoms. The van der Waals surface area contributed by atoms with Gasteiger partial charge in [-0.2, -0.15) is 0 Å². The largest absolute Gasteiger partial charge is 0.454 e. The summed E-state index contributed by atoms with van der Waals surface area (Å²) in [7, 11) is 0. The molecule has 8 heteroatoms. The predicted molar refractivity (Wildman–Crippen MR) is 81.6 cm³/mol. The van der Waals surface area contributed by atoms with E-state index in [2.05, 4.69) is 0 Å². The molecule has 1 atom stereocenters. The van der Waals surface area contributed by atoms with Crippen molar-refractivity contribution in [2.45, 2.75) is 31.8 Å². The lowest BCUT2D eigenvalue weighted by Crippen LogP contribution is -2.29. The first kappa shape index (κ1) is 16.0. The highest BCUT2D eigenvalue weighted by Crippen LogP contribution is 2.38. The summed E-state index contributed by atoms with van der Waals surface area (Å²) in [5.41, 5.74) is -0.0202. The summed E-state index contributed by atoms with van der Waals surface area (Å²) in [4.78, 5) is 34.1. The second-order valence-electron chi connectivity index (χ2n) is 5.49. The van der Waals surface area contributed by atoms with E-state index in [1.54, 1.807) is 0 Å². The van der Waals surface area contributed by atoms with Crippen LogP contribution in [0.5, 0.6) is 11.5 Å². The Morgan fingerprint density at radius 1 is 1.29 bits per heavy atom. The van der Waals surface area contributed by atoms with Crippen molar-refractivity contribution in [2.75, 3.05) is 6.79 Å². The number of ketones is 1. The molecule has 0 saturated heterocycles. The topological polar surface area (TPSA) is 105 Å². The van der Waals surface area contributed by atoms with Crippen molar-refractivity contribution in [3.8, 4) is 11.5 Å². The predicted octanol–water partition coefficient (Wildman–Crippen LogP) is 2.39. The molecule has 2 aliphatic rings. The van der Waals surface area contributed by atoms with E-state index in [0.29, 0.717) is 18.6 Å². The minimum atomic E-state index is -0.720. The number of fused-ring (bicyclic) bond motifs is 1. The molecule has 1 heterocycles. The highest BCUT2D eigenvalue weighted by atomic mass is 16.7. The van der Waals surface area contributed by atoms with Gasteiger partial charge in [0.05, 0.1) is 16.6 Å². The van der Waals surface area contributed by atoms with Crippen LogP contribution in [0.4, 0.5) is 5.69 Å². The molecule has 0 amide bonds. The van der Waals surface area contributed by atoms with Gasteiger partial charge in [0.2, 0.25) is 6.79 Å². The van der Waals surface area contributed by atoms with Crippen LogP contribution in [0.2, 0.25) is 0 Å². The maximum absolute atomic E-state index is 11.9. The summed E-state index contributed by atoms with van der Waals surface area (Å²) in [6.45, 7) is -0.00844. The van der Waals surface area contributed by atoms with Gasteiger partial charge in [0.1, 0.15) is 0 Å². The number of hydrogen-bond donors (Lipinski definition) is 0. The fourth-order valence-electron chi connectivity index (χ4n) is 2.65. The zero-order valence-corrected chi connectivity index (χ0v) is 12.7. The van der Waals surface area contributed by atoms with Crippen LogP contribution in [-0.2, 0) is 14.3 Å². The third-order valence-corrected chi connectivity index (χ3v) is 3.87. The van der Waals surface area contributed by atoms with Crippen molar-refractivity contribution in [3.63, 3.8) is 0 Å². The van der Waals surface area contributed by atoms with Gasteiger partial charge in [-0.1, -0.05) is 0 Å². The summed E-state index contributed by atoms with van der Waals surface area (Å²) in [5, 5.41) is 11.1. The third-order valence-electron chi connectivity index (χ3n) is 3.87. The zero-order valence-electron chi connectivity index (χ0n) is 12.7. The third kappa shape index (κ3) is 3.37. The fraction of sp³-hybridized carbons (Fsp3) is 0.375. The van der Waals surface area contributed by atoms with Crippen LogP contribution in [0.25, 0.3) is 6.08 Å². The van der Waals surface area contributed by atoms with E-state index < -0.39 is 17.0 Å². The molecule has 8 nitrogen and oxygen atoms in total. The van der Waals surface area contributed by atoms with Crippen molar-refractivity contribution < 1.29 is 28.7 Å². The van der Waals surface area contributed by atoms with Crippen LogP contribution in [0, 0.1) is 10.1 Å². The van der Waals surface area contributed by atoms with E-state index in [4.69, 9.17) is 14.2 Å². The van der Waals surface area contributed by atoms with E-state index in [-0.39, 0.29) is 29.6 Å². The van der Waals surface area contributed by atoms with Crippen LogP contribution < -0.4 is 9.47 Å². The van der Waals surface area contributed by atoms with Crippen LogP contribution in [0.1, 0.15) is 31.2 Å². The molecule has 0 radical (unpaired) electrons. The van der Waals surface area contributed by atoms with Gasteiger partial charge in [-0.25, -0.2) is 4.79 Å². The summed E-state index contributed by atoms with van der Waals surface area (Å²) < 4.78 is 15.4. The Balaban J connectivity index is 1.75. The van der Waals surface area contributed by atoms with Crippen molar-refractivity contribution in [3.05, 3.63) is 33.9 Å². The summed E-state index contributed by atoms with van der Waals surface area (Å²) in [6, 6.07) is 2.67. The molecule has 1 aromatic rings. The van der Waals surface area contributed by atoms with E-state index in [1.165, 1.54) is 18.2 Å². The molecule has 1 aliphatic heterocycles. The van der Waals surface area contributed by atoms with E-state index in [9.17, 15) is 19.7 Å². The zero-order chi connectivity index (χ0) is 17.1. The number of hydrogen-bond acceptors (Lipinski definition) is 7. The maximum atomic E-state index is 11.9. The second-order valence-corrected chi connectivity index (χ2v) is 5.49. The number of nitrogens with zero attached hydrogens (tertiary/aromatic N) is 1. The number of ether oxygens (including phenoxy) is 3. The molecule has 3 rings (SSSR count). The second kappa shape index (κ2) is 6.69. The quantitative estimate of drug-likeness (QED) is 0.360. The SMILES string of the molecule is O=C(/C=C/c1cc2c(cc1[N+](=O)[O-])OCO2)O[C@H]1CCCCC1=O. The van der Waals surface area contributed by atoms with Crippen LogP contribution in [0.3, 0.4) is 0 Å². The molecule has 0 unspecified atom stereocenters. The average Bonchev–Trinajstić information content (AvgIpc) is 3.01. The Bertz CT molecular complexity index is 725. The van der Waals surface area contributed by atoms with E-state index >= 15 is 0 Å². The first-order chi connectivity index (χ1) is 11.5. The van der Waals surface area contributed by atoms with Crippen LogP contribution >= 0.6 is 0 Å². The molecule has 24 heavy (non-hydrogen) atoms.